The fraction of sp³-hybridized carbons (Fsp3) is 0.571. The molecule has 1 unspecified atom stereocenters. The third kappa shape index (κ3) is 4.79. The number of carbonyl (C=O) groups excluding carboxylic acids is 1. The maximum absolute atomic E-state index is 12.3. The molecule has 1 heterocycles. The molecule has 1 amide bonds. The lowest BCUT2D eigenvalue weighted by Crippen LogP contribution is -2.45. The molecular weight excluding hydrogens is 254 g/mol. The Balaban J connectivity index is 2.85. The van der Waals surface area contributed by atoms with Gasteiger partial charge in [0.25, 0.3) is 5.91 Å². The number of pyridine rings is 1. The monoisotopic (exact) mass is 279 g/mol. The van der Waals surface area contributed by atoms with Gasteiger partial charge in [0.1, 0.15) is 5.82 Å². The van der Waals surface area contributed by atoms with E-state index in [2.05, 4.69) is 34.5 Å². The van der Waals surface area contributed by atoms with Crippen LogP contribution in [0.1, 0.15) is 29.9 Å². The highest BCUT2D eigenvalue weighted by Crippen LogP contribution is 2.11. The third-order valence-corrected chi connectivity index (χ3v) is 3.05. The fourth-order valence-corrected chi connectivity index (χ4v) is 1.94. The molecule has 0 aliphatic carbocycles. The van der Waals surface area contributed by atoms with E-state index in [0.717, 1.165) is 12.2 Å². The van der Waals surface area contributed by atoms with Crippen LogP contribution in [-0.4, -0.2) is 42.5 Å². The highest BCUT2D eigenvalue weighted by atomic mass is 16.1. The number of aromatic nitrogens is 1. The van der Waals surface area contributed by atoms with Crippen molar-refractivity contribution in [3.63, 3.8) is 0 Å². The Morgan fingerprint density at radius 3 is 2.55 bits per heavy atom. The number of hydrazine groups is 1. The van der Waals surface area contributed by atoms with Gasteiger partial charge >= 0.3 is 0 Å². The predicted octanol–water partition coefficient (Wildman–Crippen LogP) is 0.992. The van der Waals surface area contributed by atoms with Gasteiger partial charge < -0.3 is 15.6 Å². The molecule has 4 N–H and O–H groups in total. The lowest BCUT2D eigenvalue weighted by molar-refractivity contribution is 0.0916. The Morgan fingerprint density at radius 2 is 2.05 bits per heavy atom. The molecule has 1 aromatic heterocycles. The SMILES string of the molecule is Cc1cc(C(=O)NC(CN(C)C)C(C)C)cc(NN)n1. The first-order valence-electron chi connectivity index (χ1n) is 6.74. The average molecular weight is 279 g/mol. The van der Waals surface area contributed by atoms with Crippen molar-refractivity contribution in [2.45, 2.75) is 26.8 Å². The van der Waals surface area contributed by atoms with Crippen LogP contribution in [0.15, 0.2) is 12.1 Å². The fourth-order valence-electron chi connectivity index (χ4n) is 1.94. The van der Waals surface area contributed by atoms with Crippen LogP contribution < -0.4 is 16.6 Å². The van der Waals surface area contributed by atoms with Gasteiger partial charge in [-0.1, -0.05) is 13.8 Å². The molecule has 1 atom stereocenters. The first-order valence-corrected chi connectivity index (χ1v) is 6.74. The molecule has 6 heteroatoms. The number of nitrogens with one attached hydrogen (secondary N) is 2. The highest BCUT2D eigenvalue weighted by Gasteiger charge is 2.18. The molecule has 112 valence electrons. The zero-order valence-corrected chi connectivity index (χ0v) is 12.9. The van der Waals surface area contributed by atoms with Crippen molar-refractivity contribution in [3.8, 4) is 0 Å². The maximum Gasteiger partial charge on any atom is 0.251 e. The van der Waals surface area contributed by atoms with E-state index in [1.54, 1.807) is 12.1 Å². The molecule has 0 aliphatic rings. The van der Waals surface area contributed by atoms with Crippen LogP contribution in [0.3, 0.4) is 0 Å². The summed E-state index contributed by atoms with van der Waals surface area (Å²) in [5, 5.41) is 3.07. The molecule has 0 aromatic carbocycles. The minimum Gasteiger partial charge on any atom is -0.348 e. The number of hydrogen-bond acceptors (Lipinski definition) is 5. The molecule has 0 saturated carbocycles. The topological polar surface area (TPSA) is 83.3 Å². The Morgan fingerprint density at radius 1 is 1.40 bits per heavy atom. The highest BCUT2D eigenvalue weighted by molar-refractivity contribution is 5.95. The van der Waals surface area contributed by atoms with Crippen molar-refractivity contribution in [1.82, 2.24) is 15.2 Å². The number of nitrogen functional groups attached to an aromatic ring is 1. The molecule has 0 spiro atoms. The van der Waals surface area contributed by atoms with Crippen LogP contribution in [0.25, 0.3) is 0 Å². The summed E-state index contributed by atoms with van der Waals surface area (Å²) < 4.78 is 0. The molecule has 0 bridgehead atoms. The van der Waals surface area contributed by atoms with E-state index < -0.39 is 0 Å². The number of amides is 1. The predicted molar refractivity (Wildman–Crippen MR) is 81.4 cm³/mol. The average Bonchev–Trinajstić information content (AvgIpc) is 2.36. The number of anilines is 1. The lowest BCUT2D eigenvalue weighted by Gasteiger charge is -2.25. The van der Waals surface area contributed by atoms with Crippen molar-refractivity contribution >= 4 is 11.7 Å². The third-order valence-electron chi connectivity index (χ3n) is 3.05. The molecule has 20 heavy (non-hydrogen) atoms. The van der Waals surface area contributed by atoms with Crippen molar-refractivity contribution in [1.29, 1.82) is 0 Å². The van der Waals surface area contributed by atoms with E-state index in [0.29, 0.717) is 17.3 Å². The summed E-state index contributed by atoms with van der Waals surface area (Å²) >= 11 is 0. The number of likely N-dealkylation sites (N-methyl/N-ethyl adjacent to an activating group) is 1. The summed E-state index contributed by atoms with van der Waals surface area (Å²) in [7, 11) is 3.99. The molecule has 6 nitrogen and oxygen atoms in total. The van der Waals surface area contributed by atoms with E-state index in [1.165, 1.54) is 0 Å². The van der Waals surface area contributed by atoms with E-state index in [4.69, 9.17) is 5.84 Å². The van der Waals surface area contributed by atoms with Crippen molar-refractivity contribution in [2.24, 2.45) is 11.8 Å². The number of nitrogens with zero attached hydrogens (tertiary/aromatic N) is 2. The van der Waals surface area contributed by atoms with Gasteiger partial charge in [-0.2, -0.15) is 0 Å². The van der Waals surface area contributed by atoms with Crippen LogP contribution in [0.4, 0.5) is 5.82 Å². The first-order chi connectivity index (χ1) is 9.33. The Hall–Kier alpha value is -1.66. The summed E-state index contributed by atoms with van der Waals surface area (Å²) in [6.07, 6.45) is 0. The summed E-state index contributed by atoms with van der Waals surface area (Å²) in [5.41, 5.74) is 3.79. The number of carbonyl (C=O) groups is 1. The van der Waals surface area contributed by atoms with Crippen molar-refractivity contribution in [3.05, 3.63) is 23.4 Å². The zero-order valence-electron chi connectivity index (χ0n) is 12.9. The van der Waals surface area contributed by atoms with Gasteiger partial charge in [0.2, 0.25) is 0 Å². The first kappa shape index (κ1) is 16.4. The van der Waals surface area contributed by atoms with Crippen LogP contribution in [0.5, 0.6) is 0 Å². The zero-order chi connectivity index (χ0) is 15.3. The smallest absolute Gasteiger partial charge is 0.251 e. The summed E-state index contributed by atoms with van der Waals surface area (Å²) in [5.74, 6) is 6.10. The van der Waals surface area contributed by atoms with E-state index in [-0.39, 0.29) is 11.9 Å². The molecular formula is C14H25N5O. The minimum absolute atomic E-state index is 0.0975. The standard InChI is InChI=1S/C14H25N5O/c1-9(2)12(8-19(4)5)17-14(20)11-6-10(3)16-13(7-11)18-15/h6-7,9,12H,8,15H2,1-5H3,(H,16,18)(H,17,20). The van der Waals surface area contributed by atoms with E-state index in [1.807, 2.05) is 21.0 Å². The van der Waals surface area contributed by atoms with Crippen LogP contribution in [0.2, 0.25) is 0 Å². The molecule has 0 radical (unpaired) electrons. The lowest BCUT2D eigenvalue weighted by atomic mass is 10.0. The number of rotatable bonds is 6. The Bertz CT molecular complexity index is 459. The molecule has 0 saturated heterocycles. The van der Waals surface area contributed by atoms with Gasteiger partial charge in [0.05, 0.1) is 0 Å². The maximum atomic E-state index is 12.3. The minimum atomic E-state index is -0.104. The molecule has 1 aromatic rings. The van der Waals surface area contributed by atoms with Gasteiger partial charge in [-0.05, 0) is 39.1 Å². The Kier molecular flexibility index (Phi) is 5.91. The molecule has 0 fully saturated rings. The molecule has 1 rings (SSSR count). The van der Waals surface area contributed by atoms with Crippen LogP contribution in [0, 0.1) is 12.8 Å². The number of hydrogen-bond donors (Lipinski definition) is 3. The molecule has 0 aliphatic heterocycles. The van der Waals surface area contributed by atoms with Gasteiger partial charge in [-0.25, -0.2) is 10.8 Å². The van der Waals surface area contributed by atoms with Gasteiger partial charge in [-0.15, -0.1) is 0 Å². The number of aryl methyl sites for hydroxylation is 1. The van der Waals surface area contributed by atoms with Crippen molar-refractivity contribution in [2.75, 3.05) is 26.1 Å². The van der Waals surface area contributed by atoms with E-state index >= 15 is 0 Å². The second-order valence-corrected chi connectivity index (χ2v) is 5.61. The van der Waals surface area contributed by atoms with Crippen molar-refractivity contribution < 1.29 is 4.79 Å². The second kappa shape index (κ2) is 7.21. The summed E-state index contributed by atoms with van der Waals surface area (Å²) in [6.45, 7) is 6.82. The van der Waals surface area contributed by atoms with E-state index in [9.17, 15) is 4.79 Å². The summed E-state index contributed by atoms with van der Waals surface area (Å²) in [4.78, 5) is 18.6. The van der Waals surface area contributed by atoms with Gasteiger partial charge in [0, 0.05) is 23.8 Å². The van der Waals surface area contributed by atoms with Gasteiger partial charge in [-0.3, -0.25) is 4.79 Å². The number of nitrogens with two attached hydrogens (primary N) is 1. The largest absolute Gasteiger partial charge is 0.348 e. The van der Waals surface area contributed by atoms with Gasteiger partial charge in [0.15, 0.2) is 0 Å². The second-order valence-electron chi connectivity index (χ2n) is 5.61. The van der Waals surface area contributed by atoms with Crippen LogP contribution >= 0.6 is 0 Å². The van der Waals surface area contributed by atoms with Crippen LogP contribution in [-0.2, 0) is 0 Å². The Labute approximate surface area is 120 Å². The summed E-state index contributed by atoms with van der Waals surface area (Å²) in [6, 6.07) is 3.50. The quantitative estimate of drug-likeness (QED) is 0.534. The normalized spacial score (nSPS) is 12.6.